The SMILES string of the molecule is N#CC1CN(S(=O)(=O)c2cccc(C(=O)N3CCCC[C@H]3C(=O)NCc3ccc(C(F)(F)F)cc3)c2)C1. The van der Waals surface area contributed by atoms with Crippen LogP contribution in [0.25, 0.3) is 0 Å². The number of likely N-dealkylation sites (tertiary alicyclic amines) is 1. The smallest absolute Gasteiger partial charge is 0.350 e. The van der Waals surface area contributed by atoms with Crippen LogP contribution in [0.3, 0.4) is 0 Å². The first-order valence-electron chi connectivity index (χ1n) is 11.8. The number of nitrogens with zero attached hydrogens (tertiary/aromatic N) is 3. The molecule has 2 aliphatic rings. The van der Waals surface area contributed by atoms with Gasteiger partial charge in [-0.25, -0.2) is 8.42 Å². The third-order valence-corrected chi connectivity index (χ3v) is 8.39. The largest absolute Gasteiger partial charge is 0.416 e. The zero-order valence-corrected chi connectivity index (χ0v) is 20.6. The lowest BCUT2D eigenvalue weighted by Gasteiger charge is -2.35. The Morgan fingerprint density at radius 1 is 1.08 bits per heavy atom. The summed E-state index contributed by atoms with van der Waals surface area (Å²) in [5, 5.41) is 11.6. The van der Waals surface area contributed by atoms with Crippen LogP contribution in [0.5, 0.6) is 0 Å². The molecule has 0 saturated carbocycles. The van der Waals surface area contributed by atoms with E-state index in [-0.39, 0.29) is 36.0 Å². The topological polar surface area (TPSA) is 111 Å². The van der Waals surface area contributed by atoms with Crippen LogP contribution in [0.2, 0.25) is 0 Å². The fraction of sp³-hybridized carbons (Fsp3) is 0.400. The number of alkyl halides is 3. The predicted molar refractivity (Wildman–Crippen MR) is 126 cm³/mol. The standard InChI is InChI=1S/C25H25F3N4O4S/c26-25(27,28)20-9-7-17(8-10-20)14-30-23(33)22-6-1-2-11-32(22)24(34)19-4-3-5-21(12-19)37(35,36)31-15-18(13-29)16-31/h3-5,7-10,12,18,22H,1-2,6,11,14-16H2,(H,30,33)/t22-/m0/s1. The number of halogens is 3. The third kappa shape index (κ3) is 5.78. The first kappa shape index (κ1) is 26.6. The third-order valence-electron chi connectivity index (χ3n) is 6.56. The fourth-order valence-corrected chi connectivity index (χ4v) is 5.96. The molecule has 8 nitrogen and oxygen atoms in total. The van der Waals surface area contributed by atoms with Gasteiger partial charge in [-0.15, -0.1) is 0 Å². The van der Waals surface area contributed by atoms with Gasteiger partial charge in [0.25, 0.3) is 5.91 Å². The van der Waals surface area contributed by atoms with Crippen molar-refractivity contribution in [1.82, 2.24) is 14.5 Å². The Morgan fingerprint density at radius 3 is 2.43 bits per heavy atom. The van der Waals surface area contributed by atoms with Crippen molar-refractivity contribution < 1.29 is 31.2 Å². The average Bonchev–Trinajstić information content (AvgIpc) is 2.86. The second-order valence-corrected chi connectivity index (χ2v) is 11.0. The van der Waals surface area contributed by atoms with Gasteiger partial charge in [-0.1, -0.05) is 18.2 Å². The Bertz CT molecular complexity index is 1320. The molecule has 2 heterocycles. The number of sulfonamides is 1. The van der Waals surface area contributed by atoms with Gasteiger partial charge < -0.3 is 10.2 Å². The van der Waals surface area contributed by atoms with Crippen LogP contribution < -0.4 is 5.32 Å². The van der Waals surface area contributed by atoms with E-state index in [0.29, 0.717) is 31.4 Å². The average molecular weight is 535 g/mol. The van der Waals surface area contributed by atoms with Crippen molar-refractivity contribution in [3.63, 3.8) is 0 Å². The summed E-state index contributed by atoms with van der Waals surface area (Å²) in [6.45, 7) is 0.515. The molecule has 4 rings (SSSR count). The number of rotatable bonds is 6. The minimum atomic E-state index is -4.45. The van der Waals surface area contributed by atoms with Crippen molar-refractivity contribution in [2.24, 2.45) is 5.92 Å². The highest BCUT2D eigenvalue weighted by atomic mass is 32.2. The predicted octanol–water partition coefficient (Wildman–Crippen LogP) is 3.16. The highest BCUT2D eigenvalue weighted by Gasteiger charge is 2.38. The Morgan fingerprint density at radius 2 is 1.78 bits per heavy atom. The summed E-state index contributed by atoms with van der Waals surface area (Å²) in [6.07, 6.45) is -2.65. The van der Waals surface area contributed by atoms with Crippen LogP contribution in [-0.4, -0.2) is 55.1 Å². The normalized spacial score (nSPS) is 19.1. The van der Waals surface area contributed by atoms with Crippen LogP contribution in [0.1, 0.15) is 40.7 Å². The van der Waals surface area contributed by atoms with E-state index >= 15 is 0 Å². The number of carbonyl (C=O) groups excluding carboxylic acids is 2. The molecule has 2 amide bonds. The van der Waals surface area contributed by atoms with Crippen LogP contribution in [-0.2, 0) is 27.5 Å². The van der Waals surface area contributed by atoms with Gasteiger partial charge in [0.05, 0.1) is 22.4 Å². The molecule has 2 saturated heterocycles. The van der Waals surface area contributed by atoms with Crippen molar-refractivity contribution in [2.45, 2.75) is 42.9 Å². The van der Waals surface area contributed by atoms with E-state index in [0.717, 1.165) is 12.1 Å². The highest BCUT2D eigenvalue weighted by molar-refractivity contribution is 7.89. The summed E-state index contributed by atoms with van der Waals surface area (Å²) in [7, 11) is -3.85. The number of carbonyl (C=O) groups is 2. The van der Waals surface area contributed by atoms with Crippen LogP contribution >= 0.6 is 0 Å². The maximum Gasteiger partial charge on any atom is 0.416 e. The van der Waals surface area contributed by atoms with Gasteiger partial charge in [0.1, 0.15) is 6.04 Å². The minimum absolute atomic E-state index is 0.00273. The first-order valence-corrected chi connectivity index (χ1v) is 13.2. The molecule has 1 atom stereocenters. The lowest BCUT2D eigenvalue weighted by molar-refractivity contribution is -0.137. The lowest BCUT2D eigenvalue weighted by atomic mass is 9.99. The van der Waals surface area contributed by atoms with Gasteiger partial charge in [-0.05, 0) is 55.2 Å². The summed E-state index contributed by atoms with van der Waals surface area (Å²) in [5.74, 6) is -1.26. The van der Waals surface area contributed by atoms with Crippen LogP contribution in [0, 0.1) is 17.2 Å². The summed E-state index contributed by atoms with van der Waals surface area (Å²) in [4.78, 5) is 27.6. The summed E-state index contributed by atoms with van der Waals surface area (Å²) < 4.78 is 65.2. The number of hydrogen-bond donors (Lipinski definition) is 1. The minimum Gasteiger partial charge on any atom is -0.350 e. The molecule has 0 aromatic heterocycles. The molecule has 2 aliphatic heterocycles. The molecule has 2 aromatic rings. The van der Waals surface area contributed by atoms with E-state index in [1.54, 1.807) is 0 Å². The monoisotopic (exact) mass is 534 g/mol. The lowest BCUT2D eigenvalue weighted by Crippen LogP contribution is -2.51. The molecule has 0 bridgehead atoms. The number of nitrogens with one attached hydrogen (secondary N) is 1. The molecule has 1 N–H and O–H groups in total. The maximum atomic E-state index is 13.3. The number of piperidine rings is 1. The van der Waals surface area contributed by atoms with E-state index in [2.05, 4.69) is 5.32 Å². The molecule has 0 aliphatic carbocycles. The van der Waals surface area contributed by atoms with E-state index < -0.39 is 39.6 Å². The summed E-state index contributed by atoms with van der Waals surface area (Å²) >= 11 is 0. The van der Waals surface area contributed by atoms with Crippen LogP contribution in [0.4, 0.5) is 13.2 Å². The number of hydrogen-bond acceptors (Lipinski definition) is 5. The second kappa shape index (κ2) is 10.5. The van der Waals surface area contributed by atoms with Crippen molar-refractivity contribution in [1.29, 1.82) is 5.26 Å². The van der Waals surface area contributed by atoms with E-state index in [9.17, 15) is 31.2 Å². The van der Waals surface area contributed by atoms with Gasteiger partial charge >= 0.3 is 6.18 Å². The number of amides is 2. The number of nitriles is 1. The molecule has 0 unspecified atom stereocenters. The Labute approximate surface area is 212 Å². The molecular formula is C25H25F3N4O4S. The molecule has 2 fully saturated rings. The van der Waals surface area contributed by atoms with Crippen molar-refractivity contribution in [3.8, 4) is 6.07 Å². The highest BCUT2D eigenvalue weighted by Crippen LogP contribution is 2.29. The number of benzene rings is 2. The zero-order valence-electron chi connectivity index (χ0n) is 19.7. The molecule has 0 spiro atoms. The van der Waals surface area contributed by atoms with Gasteiger partial charge in [0, 0.05) is 31.7 Å². The van der Waals surface area contributed by atoms with Crippen molar-refractivity contribution >= 4 is 21.8 Å². The summed E-state index contributed by atoms with van der Waals surface area (Å²) in [6, 6.07) is 11.3. The second-order valence-electron chi connectivity index (χ2n) is 9.10. The van der Waals surface area contributed by atoms with Crippen LogP contribution in [0.15, 0.2) is 53.4 Å². The van der Waals surface area contributed by atoms with E-state index in [1.807, 2.05) is 6.07 Å². The fourth-order valence-electron chi connectivity index (χ4n) is 4.39. The Balaban J connectivity index is 1.44. The summed E-state index contributed by atoms with van der Waals surface area (Å²) in [5.41, 5.74) is -0.173. The zero-order chi connectivity index (χ0) is 26.8. The van der Waals surface area contributed by atoms with Gasteiger partial charge in [-0.2, -0.15) is 22.7 Å². The maximum absolute atomic E-state index is 13.3. The van der Waals surface area contributed by atoms with Gasteiger partial charge in [0.2, 0.25) is 15.9 Å². The van der Waals surface area contributed by atoms with Gasteiger partial charge in [-0.3, -0.25) is 9.59 Å². The Kier molecular flexibility index (Phi) is 7.57. The van der Waals surface area contributed by atoms with E-state index in [1.165, 1.54) is 45.6 Å². The molecular weight excluding hydrogens is 509 g/mol. The quantitative estimate of drug-likeness (QED) is 0.612. The molecule has 0 radical (unpaired) electrons. The Hall–Kier alpha value is -3.43. The van der Waals surface area contributed by atoms with E-state index in [4.69, 9.17) is 5.26 Å². The molecule has 37 heavy (non-hydrogen) atoms. The molecule has 2 aromatic carbocycles. The van der Waals surface area contributed by atoms with Crippen molar-refractivity contribution in [2.75, 3.05) is 19.6 Å². The molecule has 12 heteroatoms. The first-order chi connectivity index (χ1) is 17.5. The van der Waals surface area contributed by atoms with Gasteiger partial charge in [0.15, 0.2) is 0 Å². The van der Waals surface area contributed by atoms with Crippen molar-refractivity contribution in [3.05, 3.63) is 65.2 Å². The molecule has 196 valence electrons.